The minimum Gasteiger partial charge on any atom is -0.352 e. The molecule has 0 radical (unpaired) electrons. The summed E-state index contributed by atoms with van der Waals surface area (Å²) >= 11 is 11.9. The Balaban J connectivity index is 1.70. The number of amides is 1. The topological polar surface area (TPSA) is 59.3 Å². The molecule has 0 spiro atoms. The molecule has 1 N–H and O–H groups in total. The second-order valence-corrected chi connectivity index (χ2v) is 6.00. The number of benzene rings is 1. The van der Waals surface area contributed by atoms with E-state index in [1.807, 2.05) is 12.1 Å². The molecular formula is C16H14Cl2N4O. The lowest BCUT2D eigenvalue weighted by Gasteiger charge is -2.06. The van der Waals surface area contributed by atoms with Gasteiger partial charge in [-0.1, -0.05) is 23.2 Å². The Bertz CT molecular complexity index is 855. The third kappa shape index (κ3) is 3.46. The van der Waals surface area contributed by atoms with Gasteiger partial charge in [0.15, 0.2) is 5.65 Å². The highest BCUT2D eigenvalue weighted by Gasteiger charge is 2.17. The Kier molecular flexibility index (Phi) is 4.50. The van der Waals surface area contributed by atoms with Crippen LogP contribution in [0, 0.1) is 6.92 Å². The molecule has 0 atom stereocenters. The Morgan fingerprint density at radius 1 is 1.26 bits per heavy atom. The number of nitrogens with zero attached hydrogens (tertiary/aromatic N) is 3. The zero-order chi connectivity index (χ0) is 16.4. The molecule has 23 heavy (non-hydrogen) atoms. The van der Waals surface area contributed by atoms with Crippen LogP contribution in [0.25, 0.3) is 5.65 Å². The van der Waals surface area contributed by atoms with E-state index in [2.05, 4.69) is 15.4 Å². The summed E-state index contributed by atoms with van der Waals surface area (Å²) in [6.07, 6.45) is 4.04. The van der Waals surface area contributed by atoms with E-state index >= 15 is 0 Å². The average molecular weight is 349 g/mol. The van der Waals surface area contributed by atoms with E-state index in [-0.39, 0.29) is 5.91 Å². The molecule has 2 heterocycles. The Labute approximate surface area is 143 Å². The van der Waals surface area contributed by atoms with Crippen molar-refractivity contribution < 1.29 is 4.79 Å². The lowest BCUT2D eigenvalue weighted by atomic mass is 10.1. The van der Waals surface area contributed by atoms with Crippen LogP contribution in [-0.4, -0.2) is 27.0 Å². The Hall–Kier alpha value is -2.11. The SMILES string of the molecule is Cc1nn2cccnc2c1C(=O)NCCc1cc(Cl)cc(Cl)c1. The molecule has 0 saturated heterocycles. The first-order chi connectivity index (χ1) is 11.0. The van der Waals surface area contributed by atoms with Crippen molar-refractivity contribution in [3.05, 3.63) is 63.5 Å². The summed E-state index contributed by atoms with van der Waals surface area (Å²) in [5.74, 6) is -0.190. The quantitative estimate of drug-likeness (QED) is 0.786. The molecule has 7 heteroatoms. The van der Waals surface area contributed by atoms with Gasteiger partial charge in [-0.3, -0.25) is 4.79 Å². The van der Waals surface area contributed by atoms with Crippen molar-refractivity contribution in [2.45, 2.75) is 13.3 Å². The Morgan fingerprint density at radius 3 is 2.74 bits per heavy atom. The van der Waals surface area contributed by atoms with Crippen LogP contribution in [0.2, 0.25) is 10.0 Å². The summed E-state index contributed by atoms with van der Waals surface area (Å²) in [5.41, 5.74) is 2.66. The number of carbonyl (C=O) groups excluding carboxylic acids is 1. The first-order valence-electron chi connectivity index (χ1n) is 7.08. The van der Waals surface area contributed by atoms with Crippen LogP contribution in [0.15, 0.2) is 36.7 Å². The van der Waals surface area contributed by atoms with Gasteiger partial charge in [-0.15, -0.1) is 0 Å². The minimum absolute atomic E-state index is 0.190. The van der Waals surface area contributed by atoms with E-state index < -0.39 is 0 Å². The first kappa shape index (κ1) is 15.8. The van der Waals surface area contributed by atoms with Crippen molar-refractivity contribution >= 4 is 34.8 Å². The smallest absolute Gasteiger partial charge is 0.257 e. The number of hydrogen-bond donors (Lipinski definition) is 1. The predicted molar refractivity (Wildman–Crippen MR) is 90.2 cm³/mol. The summed E-state index contributed by atoms with van der Waals surface area (Å²) in [6, 6.07) is 7.12. The highest BCUT2D eigenvalue weighted by atomic mass is 35.5. The predicted octanol–water partition coefficient (Wildman–Crippen LogP) is 3.32. The maximum atomic E-state index is 12.4. The molecule has 0 unspecified atom stereocenters. The first-order valence-corrected chi connectivity index (χ1v) is 7.83. The van der Waals surface area contributed by atoms with Gasteiger partial charge in [0.05, 0.1) is 5.69 Å². The molecule has 1 aromatic carbocycles. The van der Waals surface area contributed by atoms with Gasteiger partial charge >= 0.3 is 0 Å². The van der Waals surface area contributed by atoms with Gasteiger partial charge in [0.1, 0.15) is 5.56 Å². The van der Waals surface area contributed by atoms with E-state index in [0.717, 1.165) is 5.56 Å². The number of rotatable bonds is 4. The van der Waals surface area contributed by atoms with E-state index in [1.165, 1.54) is 0 Å². The van der Waals surface area contributed by atoms with E-state index in [0.29, 0.717) is 39.9 Å². The van der Waals surface area contributed by atoms with Gasteiger partial charge in [-0.05, 0) is 43.2 Å². The highest BCUT2D eigenvalue weighted by Crippen LogP contribution is 2.19. The molecule has 0 fully saturated rings. The van der Waals surface area contributed by atoms with E-state index in [9.17, 15) is 4.79 Å². The van der Waals surface area contributed by atoms with Crippen molar-refractivity contribution in [3.63, 3.8) is 0 Å². The lowest BCUT2D eigenvalue weighted by Crippen LogP contribution is -2.26. The molecule has 3 rings (SSSR count). The van der Waals surface area contributed by atoms with Crippen molar-refractivity contribution in [3.8, 4) is 0 Å². The molecule has 0 aliphatic rings. The van der Waals surface area contributed by atoms with Crippen LogP contribution < -0.4 is 5.32 Å². The zero-order valence-corrected chi connectivity index (χ0v) is 13.9. The largest absolute Gasteiger partial charge is 0.352 e. The van der Waals surface area contributed by atoms with Gasteiger partial charge in [0.25, 0.3) is 5.91 Å². The van der Waals surface area contributed by atoms with Crippen molar-refractivity contribution in [1.29, 1.82) is 0 Å². The normalized spacial score (nSPS) is 10.9. The Morgan fingerprint density at radius 2 is 2.00 bits per heavy atom. The molecule has 1 amide bonds. The molecule has 5 nitrogen and oxygen atoms in total. The lowest BCUT2D eigenvalue weighted by molar-refractivity contribution is 0.0955. The zero-order valence-electron chi connectivity index (χ0n) is 12.4. The number of carbonyl (C=O) groups is 1. The minimum atomic E-state index is -0.190. The second kappa shape index (κ2) is 6.56. The summed E-state index contributed by atoms with van der Waals surface area (Å²) in [7, 11) is 0. The number of halogens is 2. The van der Waals surface area contributed by atoms with Crippen molar-refractivity contribution in [2.75, 3.05) is 6.54 Å². The molecule has 0 bridgehead atoms. The van der Waals surface area contributed by atoms with E-state index in [1.54, 1.807) is 36.0 Å². The number of fused-ring (bicyclic) bond motifs is 1. The maximum absolute atomic E-state index is 12.4. The number of aryl methyl sites for hydroxylation is 1. The van der Waals surface area contributed by atoms with Crippen molar-refractivity contribution in [2.24, 2.45) is 0 Å². The fraction of sp³-hybridized carbons (Fsp3) is 0.188. The fourth-order valence-electron chi connectivity index (χ4n) is 2.43. The molecule has 118 valence electrons. The molecule has 0 aliphatic carbocycles. The van der Waals surface area contributed by atoms with E-state index in [4.69, 9.17) is 23.2 Å². The number of hydrogen-bond acceptors (Lipinski definition) is 3. The second-order valence-electron chi connectivity index (χ2n) is 5.13. The van der Waals surface area contributed by atoms with Crippen LogP contribution in [0.5, 0.6) is 0 Å². The summed E-state index contributed by atoms with van der Waals surface area (Å²) in [4.78, 5) is 16.6. The van der Waals surface area contributed by atoms with Crippen LogP contribution >= 0.6 is 23.2 Å². The number of nitrogens with one attached hydrogen (secondary N) is 1. The molecule has 3 aromatic rings. The van der Waals surface area contributed by atoms with Gasteiger partial charge in [0.2, 0.25) is 0 Å². The van der Waals surface area contributed by atoms with Gasteiger partial charge in [-0.25, -0.2) is 9.50 Å². The third-order valence-electron chi connectivity index (χ3n) is 3.42. The fourth-order valence-corrected chi connectivity index (χ4v) is 3.00. The monoisotopic (exact) mass is 348 g/mol. The van der Waals surface area contributed by atoms with Crippen molar-refractivity contribution in [1.82, 2.24) is 19.9 Å². The van der Waals surface area contributed by atoms with Gasteiger partial charge in [-0.2, -0.15) is 5.10 Å². The molecular weight excluding hydrogens is 335 g/mol. The number of aromatic nitrogens is 3. The summed E-state index contributed by atoms with van der Waals surface area (Å²) < 4.78 is 1.60. The highest BCUT2D eigenvalue weighted by molar-refractivity contribution is 6.34. The van der Waals surface area contributed by atoms with Crippen LogP contribution in [0.3, 0.4) is 0 Å². The van der Waals surface area contributed by atoms with Crippen LogP contribution in [-0.2, 0) is 6.42 Å². The molecule has 0 saturated carbocycles. The molecule has 2 aromatic heterocycles. The van der Waals surface area contributed by atoms with Gasteiger partial charge < -0.3 is 5.32 Å². The maximum Gasteiger partial charge on any atom is 0.257 e. The standard InChI is InChI=1S/C16H14Cl2N4O/c1-10-14(15-19-4-2-6-22(15)21-10)16(23)20-5-3-11-7-12(17)9-13(18)8-11/h2,4,6-9H,3,5H2,1H3,(H,20,23). The van der Waals surface area contributed by atoms with Gasteiger partial charge in [0, 0.05) is 29.0 Å². The third-order valence-corrected chi connectivity index (χ3v) is 3.86. The van der Waals surface area contributed by atoms with Crippen LogP contribution in [0.4, 0.5) is 0 Å². The summed E-state index contributed by atoms with van der Waals surface area (Å²) in [6.45, 7) is 2.26. The molecule has 0 aliphatic heterocycles. The average Bonchev–Trinajstić information content (AvgIpc) is 2.82. The summed E-state index contributed by atoms with van der Waals surface area (Å²) in [5, 5.41) is 8.34. The van der Waals surface area contributed by atoms with Crippen LogP contribution in [0.1, 0.15) is 21.6 Å².